The summed E-state index contributed by atoms with van der Waals surface area (Å²) in [6.07, 6.45) is 0.363. The smallest absolute Gasteiger partial charge is 0.324 e. The molecule has 0 aromatic rings. The summed E-state index contributed by atoms with van der Waals surface area (Å²) in [5, 5.41) is 11.0. The van der Waals surface area contributed by atoms with Crippen molar-refractivity contribution in [1.82, 2.24) is 10.2 Å². The third kappa shape index (κ3) is 2.95. The van der Waals surface area contributed by atoms with Crippen molar-refractivity contribution in [3.05, 3.63) is 0 Å². The number of urea groups is 1. The molecule has 1 aliphatic heterocycles. The third-order valence-corrected chi connectivity index (χ3v) is 2.36. The number of carbonyl (C=O) groups is 3. The number of imide groups is 1. The molecule has 1 aliphatic rings. The lowest BCUT2D eigenvalue weighted by atomic mass is 10.0. The van der Waals surface area contributed by atoms with Crippen LogP contribution in [0.3, 0.4) is 0 Å². The van der Waals surface area contributed by atoms with Gasteiger partial charge in [0.25, 0.3) is 5.91 Å². The van der Waals surface area contributed by atoms with E-state index in [0.717, 1.165) is 4.90 Å². The fourth-order valence-electron chi connectivity index (χ4n) is 1.63. The molecule has 1 heterocycles. The predicted molar refractivity (Wildman–Crippen MR) is 55.7 cm³/mol. The molecule has 3 amide bonds. The molecule has 90 valence electrons. The summed E-state index contributed by atoms with van der Waals surface area (Å²) in [6, 6.07) is -0.988. The second kappa shape index (κ2) is 4.96. The van der Waals surface area contributed by atoms with Gasteiger partial charge in [-0.05, 0) is 12.3 Å². The van der Waals surface area contributed by atoms with Crippen LogP contribution in [0, 0.1) is 5.92 Å². The highest BCUT2D eigenvalue weighted by molar-refractivity contribution is 6.04. The van der Waals surface area contributed by atoms with Crippen LogP contribution in [-0.2, 0) is 9.59 Å². The van der Waals surface area contributed by atoms with Crippen molar-refractivity contribution in [2.24, 2.45) is 5.92 Å². The molecule has 1 rings (SSSR count). The molecule has 0 aliphatic carbocycles. The first-order chi connectivity index (χ1) is 7.41. The number of hydrogen-bond acceptors (Lipinski definition) is 3. The molecule has 1 saturated heterocycles. The Morgan fingerprint density at radius 3 is 2.62 bits per heavy atom. The molecule has 16 heavy (non-hydrogen) atoms. The average molecular weight is 228 g/mol. The fourth-order valence-corrected chi connectivity index (χ4v) is 1.63. The molecular weight excluding hydrogens is 212 g/mol. The van der Waals surface area contributed by atoms with Crippen molar-refractivity contribution in [2.45, 2.75) is 32.7 Å². The Morgan fingerprint density at radius 2 is 2.12 bits per heavy atom. The van der Waals surface area contributed by atoms with Gasteiger partial charge in [0, 0.05) is 6.54 Å². The molecule has 1 unspecified atom stereocenters. The van der Waals surface area contributed by atoms with E-state index in [9.17, 15) is 14.4 Å². The summed E-state index contributed by atoms with van der Waals surface area (Å²) in [5.74, 6) is -1.04. The Bertz CT molecular complexity index is 314. The van der Waals surface area contributed by atoms with Crippen LogP contribution in [0.25, 0.3) is 0 Å². The van der Waals surface area contributed by atoms with E-state index in [0.29, 0.717) is 12.3 Å². The van der Waals surface area contributed by atoms with Crippen LogP contribution < -0.4 is 5.32 Å². The molecule has 1 atom stereocenters. The van der Waals surface area contributed by atoms with Gasteiger partial charge in [0.1, 0.15) is 6.04 Å². The highest BCUT2D eigenvalue weighted by Crippen LogP contribution is 2.14. The molecule has 0 spiro atoms. The van der Waals surface area contributed by atoms with Gasteiger partial charge in [-0.25, -0.2) is 4.79 Å². The second-order valence-electron chi connectivity index (χ2n) is 4.27. The van der Waals surface area contributed by atoms with Gasteiger partial charge in [0.15, 0.2) is 0 Å². The number of carboxylic acid groups (broad SMARTS) is 1. The van der Waals surface area contributed by atoms with Crippen LogP contribution in [0.5, 0.6) is 0 Å². The van der Waals surface area contributed by atoms with Crippen molar-refractivity contribution >= 4 is 17.9 Å². The van der Waals surface area contributed by atoms with Crippen molar-refractivity contribution in [1.29, 1.82) is 0 Å². The van der Waals surface area contributed by atoms with Crippen LogP contribution >= 0.6 is 0 Å². The molecule has 0 aromatic heterocycles. The van der Waals surface area contributed by atoms with E-state index in [1.54, 1.807) is 0 Å². The standard InChI is InChI=1S/C10H16N2O4/c1-6(2)5-7-9(15)12(10(16)11-7)4-3-8(13)14/h6-7H,3-5H2,1-2H3,(H,11,16)(H,13,14). The summed E-state index contributed by atoms with van der Waals surface area (Å²) in [6.45, 7) is 3.85. The zero-order valence-corrected chi connectivity index (χ0v) is 9.40. The van der Waals surface area contributed by atoms with Crippen LogP contribution in [0.2, 0.25) is 0 Å². The first-order valence-corrected chi connectivity index (χ1v) is 5.25. The van der Waals surface area contributed by atoms with E-state index in [-0.39, 0.29) is 18.9 Å². The maximum Gasteiger partial charge on any atom is 0.324 e. The lowest BCUT2D eigenvalue weighted by Crippen LogP contribution is -2.33. The van der Waals surface area contributed by atoms with Gasteiger partial charge in [-0.1, -0.05) is 13.8 Å². The first kappa shape index (κ1) is 12.5. The maximum atomic E-state index is 11.7. The number of nitrogens with one attached hydrogen (secondary N) is 1. The van der Waals surface area contributed by atoms with Gasteiger partial charge in [-0.15, -0.1) is 0 Å². The number of nitrogens with zero attached hydrogens (tertiary/aromatic N) is 1. The van der Waals surface area contributed by atoms with E-state index < -0.39 is 18.0 Å². The van der Waals surface area contributed by atoms with E-state index in [1.165, 1.54) is 0 Å². The summed E-state index contributed by atoms with van der Waals surface area (Å²) < 4.78 is 0. The van der Waals surface area contributed by atoms with Crippen molar-refractivity contribution in [2.75, 3.05) is 6.54 Å². The second-order valence-corrected chi connectivity index (χ2v) is 4.27. The first-order valence-electron chi connectivity index (χ1n) is 5.25. The number of hydrogen-bond donors (Lipinski definition) is 2. The summed E-state index contributed by atoms with van der Waals surface area (Å²) >= 11 is 0. The SMILES string of the molecule is CC(C)CC1NC(=O)N(CCC(=O)O)C1=O. The Kier molecular flexibility index (Phi) is 3.87. The van der Waals surface area contributed by atoms with Crippen LogP contribution in [0.1, 0.15) is 26.7 Å². The fraction of sp³-hybridized carbons (Fsp3) is 0.700. The van der Waals surface area contributed by atoms with Crippen LogP contribution in [0.4, 0.5) is 4.79 Å². The lowest BCUT2D eigenvalue weighted by molar-refractivity contribution is -0.137. The van der Waals surface area contributed by atoms with Gasteiger partial charge in [-0.2, -0.15) is 0 Å². The van der Waals surface area contributed by atoms with E-state index >= 15 is 0 Å². The molecule has 0 aromatic carbocycles. The van der Waals surface area contributed by atoms with Gasteiger partial charge < -0.3 is 10.4 Å². The number of rotatable bonds is 5. The minimum absolute atomic E-state index is 0.0609. The van der Waals surface area contributed by atoms with Gasteiger partial charge in [0.2, 0.25) is 0 Å². The Morgan fingerprint density at radius 1 is 1.50 bits per heavy atom. The zero-order valence-electron chi connectivity index (χ0n) is 9.40. The molecule has 6 heteroatoms. The third-order valence-electron chi connectivity index (χ3n) is 2.36. The predicted octanol–water partition coefficient (Wildman–Crippen LogP) is 0.428. The molecular formula is C10H16N2O4. The van der Waals surface area contributed by atoms with Gasteiger partial charge in [0.05, 0.1) is 6.42 Å². The van der Waals surface area contributed by atoms with Crippen molar-refractivity contribution in [3.63, 3.8) is 0 Å². The molecule has 1 fully saturated rings. The molecule has 0 bridgehead atoms. The number of carbonyl (C=O) groups excluding carboxylic acids is 2. The molecule has 2 N–H and O–H groups in total. The number of amides is 3. The monoisotopic (exact) mass is 228 g/mol. The maximum absolute atomic E-state index is 11.7. The summed E-state index contributed by atoms with van der Waals surface area (Å²) in [7, 11) is 0. The van der Waals surface area contributed by atoms with Crippen molar-refractivity contribution < 1.29 is 19.5 Å². The van der Waals surface area contributed by atoms with Gasteiger partial charge in [-0.3, -0.25) is 14.5 Å². The Balaban J connectivity index is 2.57. The summed E-state index contributed by atoms with van der Waals surface area (Å²) in [4.78, 5) is 34.4. The quantitative estimate of drug-likeness (QED) is 0.668. The van der Waals surface area contributed by atoms with Crippen LogP contribution in [-0.4, -0.2) is 40.5 Å². The topological polar surface area (TPSA) is 86.7 Å². The van der Waals surface area contributed by atoms with Crippen LogP contribution in [0.15, 0.2) is 0 Å². The van der Waals surface area contributed by atoms with E-state index in [2.05, 4.69) is 5.32 Å². The highest BCUT2D eigenvalue weighted by atomic mass is 16.4. The molecule has 0 saturated carbocycles. The van der Waals surface area contributed by atoms with Crippen molar-refractivity contribution in [3.8, 4) is 0 Å². The summed E-state index contributed by atoms with van der Waals surface area (Å²) in [5.41, 5.74) is 0. The minimum atomic E-state index is -1.02. The molecule has 6 nitrogen and oxygen atoms in total. The van der Waals surface area contributed by atoms with Gasteiger partial charge >= 0.3 is 12.0 Å². The average Bonchev–Trinajstić information content (AvgIpc) is 2.39. The lowest BCUT2D eigenvalue weighted by Gasteiger charge is -2.12. The largest absolute Gasteiger partial charge is 0.481 e. The normalized spacial score (nSPS) is 20.4. The molecule has 0 radical (unpaired) electrons. The number of aliphatic carboxylic acids is 1. The minimum Gasteiger partial charge on any atom is -0.481 e. The Labute approximate surface area is 93.6 Å². The van der Waals surface area contributed by atoms with E-state index in [1.807, 2.05) is 13.8 Å². The zero-order chi connectivity index (χ0) is 12.3. The Hall–Kier alpha value is -1.59. The van der Waals surface area contributed by atoms with E-state index in [4.69, 9.17) is 5.11 Å². The highest BCUT2D eigenvalue weighted by Gasteiger charge is 2.37. The number of carboxylic acids is 1.